The lowest BCUT2D eigenvalue weighted by molar-refractivity contribution is -0.115. The Morgan fingerprint density at radius 3 is 2.43 bits per heavy atom. The molecule has 0 saturated heterocycles. The highest BCUT2D eigenvalue weighted by atomic mass is 79.9. The first-order valence-corrected chi connectivity index (χ1v) is 7.77. The van der Waals surface area contributed by atoms with Crippen LogP contribution in [0.3, 0.4) is 0 Å². The Morgan fingerprint density at radius 1 is 1.13 bits per heavy atom. The summed E-state index contributed by atoms with van der Waals surface area (Å²) in [5.74, 6) is 0.0608. The van der Waals surface area contributed by atoms with Crippen molar-refractivity contribution >= 4 is 33.4 Å². The molecule has 0 spiro atoms. The number of benzene rings is 2. The van der Waals surface area contributed by atoms with Crippen molar-refractivity contribution in [1.29, 1.82) is 0 Å². The molecule has 0 atom stereocenters. The van der Waals surface area contributed by atoms with Crippen LogP contribution in [0, 0.1) is 6.92 Å². The fraction of sp³-hybridized carbons (Fsp3) is 0.176. The number of methoxy groups -OCH3 is 1. The number of rotatable bonds is 5. The lowest BCUT2D eigenvalue weighted by Crippen LogP contribution is -2.32. The zero-order valence-corrected chi connectivity index (χ0v) is 14.4. The monoisotopic (exact) mass is 376 g/mol. The van der Waals surface area contributed by atoms with E-state index in [-0.39, 0.29) is 18.4 Å². The highest BCUT2D eigenvalue weighted by Crippen LogP contribution is 2.23. The summed E-state index contributed by atoms with van der Waals surface area (Å²) in [6, 6.07) is 12.3. The van der Waals surface area contributed by atoms with E-state index in [1.165, 1.54) is 0 Å². The molecule has 0 aliphatic carbocycles. The molecule has 120 valence electrons. The van der Waals surface area contributed by atoms with Gasteiger partial charge in [-0.1, -0.05) is 6.07 Å². The standard InChI is InChI=1S/C17H17BrN2O3/c1-11-3-8-15(14(18)9-11)20-16(21)10-19-17(22)12-4-6-13(23-2)7-5-12/h3-9H,10H2,1-2H3,(H,19,22)(H,20,21). The number of carbonyl (C=O) groups excluding carboxylic acids is 2. The third-order valence-corrected chi connectivity index (χ3v) is 3.82. The Hall–Kier alpha value is -2.34. The Bertz CT molecular complexity index is 714. The average molecular weight is 377 g/mol. The third-order valence-electron chi connectivity index (χ3n) is 3.16. The van der Waals surface area contributed by atoms with Crippen LogP contribution in [-0.4, -0.2) is 25.5 Å². The van der Waals surface area contributed by atoms with Gasteiger partial charge in [0.1, 0.15) is 5.75 Å². The molecule has 23 heavy (non-hydrogen) atoms. The Balaban J connectivity index is 1.89. The topological polar surface area (TPSA) is 67.4 Å². The van der Waals surface area contributed by atoms with Crippen molar-refractivity contribution in [3.8, 4) is 5.75 Å². The van der Waals surface area contributed by atoms with E-state index in [1.54, 1.807) is 31.4 Å². The van der Waals surface area contributed by atoms with Gasteiger partial charge in [0, 0.05) is 10.0 Å². The number of amides is 2. The zero-order chi connectivity index (χ0) is 16.8. The maximum Gasteiger partial charge on any atom is 0.251 e. The first-order chi connectivity index (χ1) is 11.0. The van der Waals surface area contributed by atoms with Gasteiger partial charge in [-0.15, -0.1) is 0 Å². The molecule has 0 unspecified atom stereocenters. The van der Waals surface area contributed by atoms with Gasteiger partial charge in [0.15, 0.2) is 0 Å². The lowest BCUT2D eigenvalue weighted by atomic mass is 10.2. The van der Waals surface area contributed by atoms with E-state index in [0.717, 1.165) is 10.0 Å². The van der Waals surface area contributed by atoms with Gasteiger partial charge in [0.05, 0.1) is 19.3 Å². The molecule has 0 radical (unpaired) electrons. The summed E-state index contributed by atoms with van der Waals surface area (Å²) in [4.78, 5) is 23.9. The van der Waals surface area contributed by atoms with Crippen LogP contribution in [0.25, 0.3) is 0 Å². The first-order valence-electron chi connectivity index (χ1n) is 6.98. The van der Waals surface area contributed by atoms with Crippen LogP contribution in [-0.2, 0) is 4.79 Å². The van der Waals surface area contributed by atoms with E-state index in [9.17, 15) is 9.59 Å². The molecule has 2 amide bonds. The number of anilines is 1. The summed E-state index contributed by atoms with van der Waals surface area (Å²) in [6.07, 6.45) is 0. The van der Waals surface area contributed by atoms with Crippen LogP contribution in [0.5, 0.6) is 5.75 Å². The van der Waals surface area contributed by atoms with Gasteiger partial charge in [-0.2, -0.15) is 0 Å². The number of ether oxygens (including phenoxy) is 1. The minimum absolute atomic E-state index is 0.106. The summed E-state index contributed by atoms with van der Waals surface area (Å²) < 4.78 is 5.83. The fourth-order valence-electron chi connectivity index (χ4n) is 1.92. The van der Waals surface area contributed by atoms with E-state index in [1.807, 2.05) is 25.1 Å². The summed E-state index contributed by atoms with van der Waals surface area (Å²) in [5.41, 5.74) is 2.22. The van der Waals surface area contributed by atoms with Crippen molar-refractivity contribution < 1.29 is 14.3 Å². The van der Waals surface area contributed by atoms with Gasteiger partial charge >= 0.3 is 0 Å². The van der Waals surface area contributed by atoms with Gasteiger partial charge in [0.25, 0.3) is 5.91 Å². The molecular formula is C17H17BrN2O3. The molecule has 0 saturated carbocycles. The highest BCUT2D eigenvalue weighted by molar-refractivity contribution is 9.10. The molecule has 2 aromatic rings. The van der Waals surface area contributed by atoms with Gasteiger partial charge in [-0.3, -0.25) is 9.59 Å². The number of hydrogen-bond acceptors (Lipinski definition) is 3. The molecule has 0 aliphatic rings. The SMILES string of the molecule is COc1ccc(C(=O)NCC(=O)Nc2ccc(C)cc2Br)cc1. The summed E-state index contributed by atoms with van der Waals surface area (Å²) in [5, 5.41) is 5.32. The van der Waals surface area contributed by atoms with Crippen LogP contribution < -0.4 is 15.4 Å². The summed E-state index contributed by atoms with van der Waals surface area (Å²) in [7, 11) is 1.56. The van der Waals surface area contributed by atoms with E-state index >= 15 is 0 Å². The van der Waals surface area contributed by atoms with Gasteiger partial charge in [-0.05, 0) is 64.8 Å². The second kappa shape index (κ2) is 7.78. The van der Waals surface area contributed by atoms with Crippen LogP contribution >= 0.6 is 15.9 Å². The zero-order valence-electron chi connectivity index (χ0n) is 12.9. The van der Waals surface area contributed by atoms with Crippen molar-refractivity contribution in [1.82, 2.24) is 5.32 Å². The molecule has 0 bridgehead atoms. The molecule has 5 nitrogen and oxygen atoms in total. The van der Waals surface area contributed by atoms with Crippen LogP contribution in [0.1, 0.15) is 15.9 Å². The van der Waals surface area contributed by atoms with E-state index < -0.39 is 0 Å². The molecular weight excluding hydrogens is 360 g/mol. The smallest absolute Gasteiger partial charge is 0.251 e. The van der Waals surface area contributed by atoms with Gasteiger partial charge in [-0.25, -0.2) is 0 Å². The molecule has 0 aliphatic heterocycles. The van der Waals surface area contributed by atoms with Crippen molar-refractivity contribution in [2.24, 2.45) is 0 Å². The number of hydrogen-bond donors (Lipinski definition) is 2. The maximum absolute atomic E-state index is 12.0. The maximum atomic E-state index is 12.0. The summed E-state index contributed by atoms with van der Waals surface area (Å²) >= 11 is 3.39. The van der Waals surface area contributed by atoms with Crippen LogP contribution in [0.15, 0.2) is 46.9 Å². The summed E-state index contributed by atoms with van der Waals surface area (Å²) in [6.45, 7) is 1.86. The van der Waals surface area contributed by atoms with Crippen LogP contribution in [0.2, 0.25) is 0 Å². The fourth-order valence-corrected chi connectivity index (χ4v) is 2.51. The molecule has 2 aromatic carbocycles. The van der Waals surface area contributed by atoms with Crippen LogP contribution in [0.4, 0.5) is 5.69 Å². The highest BCUT2D eigenvalue weighted by Gasteiger charge is 2.09. The molecule has 6 heteroatoms. The molecule has 0 fully saturated rings. The largest absolute Gasteiger partial charge is 0.497 e. The Labute approximate surface area is 143 Å². The molecule has 0 heterocycles. The van der Waals surface area contributed by atoms with Crippen molar-refractivity contribution in [2.75, 3.05) is 19.0 Å². The van der Waals surface area contributed by atoms with Crippen molar-refractivity contribution in [2.45, 2.75) is 6.92 Å². The van der Waals surface area contributed by atoms with E-state index in [0.29, 0.717) is 17.0 Å². The Kier molecular flexibility index (Phi) is 5.76. The first kappa shape index (κ1) is 17.0. The Morgan fingerprint density at radius 2 is 1.83 bits per heavy atom. The quantitative estimate of drug-likeness (QED) is 0.842. The molecule has 2 rings (SSSR count). The predicted molar refractivity (Wildman–Crippen MR) is 92.8 cm³/mol. The van der Waals surface area contributed by atoms with Gasteiger partial charge in [0.2, 0.25) is 5.91 Å². The number of halogens is 1. The number of carbonyl (C=O) groups is 2. The number of nitrogens with one attached hydrogen (secondary N) is 2. The van der Waals surface area contributed by atoms with Gasteiger partial charge < -0.3 is 15.4 Å². The normalized spacial score (nSPS) is 10.0. The minimum Gasteiger partial charge on any atom is -0.497 e. The second-order valence-electron chi connectivity index (χ2n) is 4.94. The number of aryl methyl sites for hydroxylation is 1. The lowest BCUT2D eigenvalue weighted by Gasteiger charge is -2.09. The molecule has 0 aromatic heterocycles. The predicted octanol–water partition coefficient (Wildman–Crippen LogP) is 3.13. The minimum atomic E-state index is -0.314. The van der Waals surface area contributed by atoms with Crippen molar-refractivity contribution in [3.05, 3.63) is 58.1 Å². The molecule has 2 N–H and O–H groups in total. The second-order valence-corrected chi connectivity index (χ2v) is 5.80. The van der Waals surface area contributed by atoms with E-state index in [4.69, 9.17) is 4.74 Å². The van der Waals surface area contributed by atoms with Crippen molar-refractivity contribution in [3.63, 3.8) is 0 Å². The average Bonchev–Trinajstić information content (AvgIpc) is 2.55. The third kappa shape index (κ3) is 4.82. The van der Waals surface area contributed by atoms with E-state index in [2.05, 4.69) is 26.6 Å².